The second kappa shape index (κ2) is 36.1. The first-order valence-electron chi connectivity index (χ1n) is 36.0. The molecule has 0 radical (unpaired) electrons. The summed E-state index contributed by atoms with van der Waals surface area (Å²) in [5.74, 6) is -5.74. The Labute approximate surface area is 649 Å². The van der Waals surface area contributed by atoms with Crippen LogP contribution in [0.1, 0.15) is 118 Å². The number of hydrogen-bond donors (Lipinski definition) is 7. The summed E-state index contributed by atoms with van der Waals surface area (Å²) < 4.78 is 16.8. The molecule has 602 valence electrons. The number of nitrogens with one attached hydrogen (secondary N) is 4. The number of nitro benzene ring substituents is 3. The number of amides is 8. The van der Waals surface area contributed by atoms with E-state index in [2.05, 4.69) is 21.3 Å². The SMILES string of the molecule is C.C.C.C[C@@H](O)[C@H]1C(=O)N2C(C(=O)O)=C(SC3CN[C@H](C(=O)N4CC[C@H](NC(=O)[C@@H]5CCCN5)C4)C3)[C@H](C)[C@H]12.C[C@@H](O)[C@H]1C(=O)N2C(C(=O)OCc3ccc([N+](=O)[O-])cc3)=C(SC3C[C@@H](C(=O)N4CC[C@H](NC(=O)[C@@H]5CCCN5C(=O)OCc5ccc([N+](=O)[O-])cc5)C4)N(C(=O)OCc4ccc([N+](=O)[O-])cc4)C3)[C@H](C)[C@H]12. The summed E-state index contributed by atoms with van der Waals surface area (Å²) in [6.45, 7) is 9.06. The number of aliphatic hydroxyl groups is 2. The van der Waals surface area contributed by atoms with Crippen molar-refractivity contribution in [2.45, 2.75) is 192 Å². The van der Waals surface area contributed by atoms with Gasteiger partial charge in [-0.2, -0.15) is 0 Å². The number of esters is 1. The number of nitrogens with zero attached hydrogens (tertiary/aromatic N) is 9. The van der Waals surface area contributed by atoms with Gasteiger partial charge in [-0.05, 0) is 125 Å². The van der Waals surface area contributed by atoms with Gasteiger partial charge in [0.05, 0.1) is 63.0 Å². The second-order valence-corrected chi connectivity index (χ2v) is 31.5. The average molecular weight is 1580 g/mol. The van der Waals surface area contributed by atoms with Gasteiger partial charge in [-0.15, -0.1) is 23.5 Å². The van der Waals surface area contributed by atoms with E-state index in [9.17, 15) is 93.6 Å². The summed E-state index contributed by atoms with van der Waals surface area (Å²) in [7, 11) is 0. The van der Waals surface area contributed by atoms with Crippen molar-refractivity contribution in [3.8, 4) is 0 Å². The van der Waals surface area contributed by atoms with Gasteiger partial charge in [0, 0.05) is 126 Å². The number of likely N-dealkylation sites (tertiary alicyclic amines) is 4. The lowest BCUT2D eigenvalue weighted by Crippen LogP contribution is -2.63. The van der Waals surface area contributed by atoms with Gasteiger partial charge in [-0.1, -0.05) is 36.1 Å². The predicted molar refractivity (Wildman–Crippen MR) is 403 cm³/mol. The molecule has 10 heterocycles. The Hall–Kier alpha value is -9.82. The van der Waals surface area contributed by atoms with E-state index >= 15 is 0 Å². The number of carbonyl (C=O) groups is 10. The Balaban J connectivity index is 0.000000305. The maximum Gasteiger partial charge on any atom is 0.410 e. The molecule has 10 aliphatic heterocycles. The summed E-state index contributed by atoms with van der Waals surface area (Å²) in [4.78, 5) is 174. The van der Waals surface area contributed by atoms with Crippen molar-refractivity contribution in [1.82, 2.24) is 50.7 Å². The van der Waals surface area contributed by atoms with Crippen molar-refractivity contribution in [2.75, 3.05) is 52.4 Å². The minimum absolute atomic E-state index is 0. The molecule has 35 nitrogen and oxygen atoms in total. The van der Waals surface area contributed by atoms with Crippen LogP contribution in [0.4, 0.5) is 26.7 Å². The number of carboxylic acid groups (broad SMARTS) is 1. The third-order valence-electron chi connectivity index (χ3n) is 21.8. The average Bonchev–Trinajstić information content (AvgIpc) is 1.57. The van der Waals surface area contributed by atoms with Crippen LogP contribution in [0.25, 0.3) is 0 Å². The molecular formula is C74H97N13O22S2. The largest absolute Gasteiger partial charge is 0.477 e. The van der Waals surface area contributed by atoms with Crippen LogP contribution in [0.5, 0.6) is 0 Å². The molecule has 16 atom stereocenters. The molecule has 8 saturated heterocycles. The normalized spacial score (nSPS) is 27.4. The number of β-lactam (4-membered cyclic amide) rings is 2. The molecule has 111 heavy (non-hydrogen) atoms. The summed E-state index contributed by atoms with van der Waals surface area (Å²) in [6.07, 6.45) is 1.01. The van der Waals surface area contributed by atoms with Crippen LogP contribution >= 0.6 is 23.5 Å². The van der Waals surface area contributed by atoms with Crippen molar-refractivity contribution in [3.05, 3.63) is 141 Å². The van der Waals surface area contributed by atoms with E-state index in [0.29, 0.717) is 71.8 Å². The lowest BCUT2D eigenvalue weighted by atomic mass is 9.79. The Morgan fingerprint density at radius 3 is 1.49 bits per heavy atom. The second-order valence-electron chi connectivity index (χ2n) is 28.8. The highest BCUT2D eigenvalue weighted by Crippen LogP contribution is 2.54. The van der Waals surface area contributed by atoms with E-state index < -0.39 is 116 Å². The molecule has 0 aliphatic carbocycles. The van der Waals surface area contributed by atoms with Gasteiger partial charge in [-0.3, -0.25) is 68.9 Å². The van der Waals surface area contributed by atoms with E-state index in [0.717, 1.165) is 25.8 Å². The molecule has 0 spiro atoms. The van der Waals surface area contributed by atoms with Crippen LogP contribution in [0, 0.1) is 54.0 Å². The fourth-order valence-electron chi connectivity index (χ4n) is 16.2. The maximum atomic E-state index is 14.6. The molecular weight excluding hydrogens is 1490 g/mol. The van der Waals surface area contributed by atoms with Gasteiger partial charge < -0.3 is 70.4 Å². The predicted octanol–water partition coefficient (Wildman–Crippen LogP) is 5.54. The monoisotopic (exact) mass is 1580 g/mol. The molecule has 13 rings (SSSR count). The molecule has 8 fully saturated rings. The van der Waals surface area contributed by atoms with E-state index in [1.165, 1.54) is 128 Å². The van der Waals surface area contributed by atoms with Gasteiger partial charge in [0.25, 0.3) is 17.1 Å². The molecule has 0 saturated carbocycles. The standard InChI is InChI=1S/C47H50N8O16S.C24H35N5O6S.3CH4/c1-26-39-38(27(2)56)44(59)52(39)40(45(60)69-23-28-5-11-32(12-6-28)53(63)64)41(26)72-35-20-37(51(22-35)47(62)71-25-30-9-15-34(16-10-30)55(67)68)43(58)49-19-17-31(21-49)48-42(57)36-4-3-18-50(36)46(61)70-24-29-7-13-33(14-8-29)54(65)66;1-11-18-17(12(2)30)23(33)29(18)19(24(34)35)20(11)36-14-8-16(26-9-14)22(32)28-7-5-13(10-28)27-21(31)15-4-3-6-25-15;;;/h5-16,26-27,31,35-39,56H,3-4,17-25H2,1-2H3,(H,48,57);11-18,25-26,30H,3-10H2,1-2H3,(H,27,31)(H,34,35);3*1H4/t26-,27-,31+,35?,36+,37+,38-,39-;11-,12-,13+,14?,15+,16+,17-,18-;;;/m11.../s1. The summed E-state index contributed by atoms with van der Waals surface area (Å²) in [5.41, 5.74) is 0.965. The minimum atomic E-state index is -1.14. The Morgan fingerprint density at radius 2 is 1.01 bits per heavy atom. The van der Waals surface area contributed by atoms with Gasteiger partial charge in [-0.25, -0.2) is 19.2 Å². The van der Waals surface area contributed by atoms with Gasteiger partial charge in [0.2, 0.25) is 35.4 Å². The molecule has 7 N–H and O–H groups in total. The number of carbonyl (C=O) groups excluding carboxylic acids is 9. The zero-order valence-corrected chi connectivity index (χ0v) is 61.2. The Bertz CT molecular complexity index is 4130. The quantitative estimate of drug-likeness (QED) is 0.0201. The smallest absolute Gasteiger partial charge is 0.410 e. The Kier molecular flexibility index (Phi) is 27.7. The summed E-state index contributed by atoms with van der Waals surface area (Å²) in [6, 6.07) is 12.4. The van der Waals surface area contributed by atoms with E-state index in [-0.39, 0.29) is 156 Å². The van der Waals surface area contributed by atoms with Gasteiger partial charge in [0.15, 0.2) is 0 Å². The van der Waals surface area contributed by atoms with Crippen LogP contribution in [0.15, 0.2) is 94.0 Å². The van der Waals surface area contributed by atoms with Crippen molar-refractivity contribution in [1.29, 1.82) is 0 Å². The first-order chi connectivity index (χ1) is 51.6. The van der Waals surface area contributed by atoms with Crippen LogP contribution in [-0.2, 0) is 72.4 Å². The van der Waals surface area contributed by atoms with Crippen LogP contribution in [-0.4, -0.2) is 242 Å². The Morgan fingerprint density at radius 1 is 0.550 bits per heavy atom. The highest BCUT2D eigenvalue weighted by Gasteiger charge is 2.62. The molecule has 0 bridgehead atoms. The number of aliphatic carboxylic acids is 1. The third kappa shape index (κ3) is 18.1. The zero-order chi connectivity index (χ0) is 77.3. The number of thioether (sulfide) groups is 2. The molecule has 10 aliphatic rings. The number of hydrogen-bond acceptors (Lipinski definition) is 25. The highest BCUT2D eigenvalue weighted by atomic mass is 32.2. The molecule has 37 heteroatoms. The number of carboxylic acids is 1. The summed E-state index contributed by atoms with van der Waals surface area (Å²) >= 11 is 2.64. The van der Waals surface area contributed by atoms with Crippen molar-refractivity contribution in [3.63, 3.8) is 0 Å². The fourth-order valence-corrected chi connectivity index (χ4v) is 19.2. The van der Waals surface area contributed by atoms with Gasteiger partial charge >= 0.3 is 24.1 Å². The van der Waals surface area contributed by atoms with Crippen LogP contribution in [0.3, 0.4) is 0 Å². The third-order valence-corrected chi connectivity index (χ3v) is 24.8. The first-order valence-corrected chi connectivity index (χ1v) is 37.8. The number of fused-ring (bicyclic) bond motifs is 2. The molecule has 2 unspecified atom stereocenters. The maximum absolute atomic E-state index is 14.6. The number of ether oxygens (including phenoxy) is 3. The number of rotatable bonds is 23. The van der Waals surface area contributed by atoms with E-state index in [1.54, 1.807) is 18.7 Å². The highest BCUT2D eigenvalue weighted by molar-refractivity contribution is 8.04. The number of benzene rings is 3. The molecule has 0 aromatic heterocycles. The fraction of sp³-hybridized carbons (Fsp3) is 0.568. The summed E-state index contributed by atoms with van der Waals surface area (Å²) in [5, 5.41) is 75.8. The van der Waals surface area contributed by atoms with Crippen LogP contribution in [0.2, 0.25) is 0 Å². The lowest BCUT2D eigenvalue weighted by Gasteiger charge is -2.46. The number of aliphatic hydroxyl groups excluding tert-OH is 2. The van der Waals surface area contributed by atoms with Gasteiger partial charge in [0.1, 0.15) is 43.3 Å². The first kappa shape index (κ1) is 85.2. The number of non-ortho nitro benzene ring substituents is 3. The lowest BCUT2D eigenvalue weighted by molar-refractivity contribution is -0.385. The van der Waals surface area contributed by atoms with Crippen LogP contribution < -0.4 is 21.3 Å². The topological polar surface area (TPSA) is 456 Å². The van der Waals surface area contributed by atoms with Crippen molar-refractivity contribution in [2.24, 2.45) is 23.7 Å². The van der Waals surface area contributed by atoms with Crippen molar-refractivity contribution < 1.29 is 92.2 Å². The van der Waals surface area contributed by atoms with E-state index in [1.807, 2.05) is 6.92 Å². The van der Waals surface area contributed by atoms with Crippen molar-refractivity contribution >= 4 is 100 Å². The molecule has 3 aromatic rings. The minimum Gasteiger partial charge on any atom is -0.477 e. The van der Waals surface area contributed by atoms with E-state index in [4.69, 9.17) is 14.2 Å². The molecule has 8 amide bonds. The molecule has 3 aromatic carbocycles. The number of nitro groups is 3. The zero-order valence-electron chi connectivity index (χ0n) is 59.5.